The van der Waals surface area contributed by atoms with Gasteiger partial charge >= 0.3 is 0 Å². The first kappa shape index (κ1) is 15.1. The number of nitrogens with one attached hydrogen (secondary N) is 1. The highest BCUT2D eigenvalue weighted by Crippen LogP contribution is 2.35. The number of rotatable bonds is 3. The van der Waals surface area contributed by atoms with E-state index in [1.807, 2.05) is 48.5 Å². The molecular weight excluding hydrogens is 296 g/mol. The Morgan fingerprint density at radius 3 is 2.68 bits per heavy atom. The smallest absolute Gasteiger partial charge is 0.244 e. The molecule has 3 N–H and O–H groups in total. The third-order valence-corrected chi connectivity index (χ3v) is 4.72. The lowest BCUT2D eigenvalue weighted by Gasteiger charge is -2.26. The monoisotopic (exact) mass is 314 g/mol. The van der Waals surface area contributed by atoms with Crippen LogP contribution in [0.2, 0.25) is 5.02 Å². The quantitative estimate of drug-likeness (QED) is 0.913. The molecule has 0 aliphatic heterocycles. The van der Waals surface area contributed by atoms with Crippen molar-refractivity contribution in [1.29, 1.82) is 0 Å². The summed E-state index contributed by atoms with van der Waals surface area (Å²) in [6.45, 7) is 1.74. The highest BCUT2D eigenvalue weighted by atomic mass is 35.5. The molecule has 0 saturated heterocycles. The summed E-state index contributed by atoms with van der Waals surface area (Å²) in [5, 5.41) is 3.85. The van der Waals surface area contributed by atoms with Crippen LogP contribution in [-0.4, -0.2) is 5.91 Å². The molecule has 22 heavy (non-hydrogen) atoms. The molecule has 4 heteroatoms. The number of benzene rings is 2. The molecule has 1 amide bonds. The van der Waals surface area contributed by atoms with E-state index >= 15 is 0 Å². The van der Waals surface area contributed by atoms with Crippen molar-refractivity contribution in [2.75, 3.05) is 0 Å². The van der Waals surface area contributed by atoms with Crippen LogP contribution in [0.1, 0.15) is 36.1 Å². The zero-order valence-corrected chi connectivity index (χ0v) is 13.2. The maximum absolute atomic E-state index is 12.6. The van der Waals surface area contributed by atoms with E-state index in [-0.39, 0.29) is 11.9 Å². The SMILES string of the molecule is CC(N)(C(=O)NC1CCc2c(Cl)cccc21)c1ccccc1. The summed E-state index contributed by atoms with van der Waals surface area (Å²) < 4.78 is 0. The van der Waals surface area contributed by atoms with E-state index in [9.17, 15) is 4.79 Å². The number of carbonyl (C=O) groups is 1. The van der Waals surface area contributed by atoms with Gasteiger partial charge in [0.25, 0.3) is 0 Å². The summed E-state index contributed by atoms with van der Waals surface area (Å²) in [6, 6.07) is 15.2. The first-order valence-electron chi connectivity index (χ1n) is 7.43. The number of halogens is 1. The lowest BCUT2D eigenvalue weighted by molar-refractivity contribution is -0.126. The number of nitrogens with two attached hydrogens (primary N) is 1. The zero-order valence-electron chi connectivity index (χ0n) is 12.5. The van der Waals surface area contributed by atoms with Crippen LogP contribution in [0.25, 0.3) is 0 Å². The molecular formula is C18H19ClN2O. The number of hydrogen-bond donors (Lipinski definition) is 2. The van der Waals surface area contributed by atoms with Crippen molar-refractivity contribution in [3.8, 4) is 0 Å². The number of amides is 1. The van der Waals surface area contributed by atoms with Crippen molar-refractivity contribution < 1.29 is 4.79 Å². The number of carbonyl (C=O) groups excluding carboxylic acids is 1. The third kappa shape index (κ3) is 2.62. The largest absolute Gasteiger partial charge is 0.347 e. The van der Waals surface area contributed by atoms with Gasteiger partial charge in [-0.1, -0.05) is 54.1 Å². The molecule has 2 aromatic rings. The van der Waals surface area contributed by atoms with E-state index in [0.29, 0.717) is 0 Å². The molecule has 3 nitrogen and oxygen atoms in total. The van der Waals surface area contributed by atoms with Crippen LogP contribution in [0.5, 0.6) is 0 Å². The minimum Gasteiger partial charge on any atom is -0.347 e. The van der Waals surface area contributed by atoms with Gasteiger partial charge < -0.3 is 11.1 Å². The van der Waals surface area contributed by atoms with Crippen molar-refractivity contribution in [2.24, 2.45) is 5.73 Å². The van der Waals surface area contributed by atoms with Gasteiger partial charge in [-0.15, -0.1) is 0 Å². The van der Waals surface area contributed by atoms with Crippen LogP contribution in [0.15, 0.2) is 48.5 Å². The van der Waals surface area contributed by atoms with Crippen LogP contribution in [0.3, 0.4) is 0 Å². The third-order valence-electron chi connectivity index (χ3n) is 4.36. The van der Waals surface area contributed by atoms with Gasteiger partial charge in [0.1, 0.15) is 5.54 Å². The standard InChI is InChI=1S/C18H19ClN2O/c1-18(20,12-6-3-2-4-7-12)17(22)21-16-11-10-13-14(16)8-5-9-15(13)19/h2-9,16H,10-11,20H2,1H3,(H,21,22). The Kier molecular flexibility index (Phi) is 3.94. The summed E-state index contributed by atoms with van der Waals surface area (Å²) in [6.07, 6.45) is 1.74. The van der Waals surface area contributed by atoms with Gasteiger partial charge in [0.2, 0.25) is 5.91 Å². The van der Waals surface area contributed by atoms with Crippen LogP contribution in [-0.2, 0) is 16.8 Å². The second kappa shape index (κ2) is 5.75. The molecule has 2 atom stereocenters. The fourth-order valence-corrected chi connectivity index (χ4v) is 3.26. The van der Waals surface area contributed by atoms with Gasteiger partial charge in [-0.05, 0) is 42.5 Å². The van der Waals surface area contributed by atoms with Gasteiger partial charge in [-0.2, -0.15) is 0 Å². The van der Waals surface area contributed by atoms with Crippen LogP contribution in [0.4, 0.5) is 0 Å². The number of hydrogen-bond acceptors (Lipinski definition) is 2. The Balaban J connectivity index is 1.81. The molecule has 0 aromatic heterocycles. The molecule has 2 aromatic carbocycles. The van der Waals surface area contributed by atoms with Crippen molar-refractivity contribution >= 4 is 17.5 Å². The Hall–Kier alpha value is -1.84. The molecule has 0 heterocycles. The fraction of sp³-hybridized carbons (Fsp3) is 0.278. The Morgan fingerprint density at radius 2 is 1.95 bits per heavy atom. The van der Waals surface area contributed by atoms with E-state index in [2.05, 4.69) is 5.32 Å². The first-order valence-corrected chi connectivity index (χ1v) is 7.80. The second-order valence-corrected chi connectivity index (χ2v) is 6.35. The summed E-state index contributed by atoms with van der Waals surface area (Å²) in [5.74, 6) is -0.170. The topological polar surface area (TPSA) is 55.1 Å². The van der Waals surface area contributed by atoms with Crippen LogP contribution < -0.4 is 11.1 Å². The second-order valence-electron chi connectivity index (χ2n) is 5.94. The van der Waals surface area contributed by atoms with Crippen molar-refractivity contribution in [2.45, 2.75) is 31.3 Å². The summed E-state index contributed by atoms with van der Waals surface area (Å²) >= 11 is 6.22. The van der Waals surface area contributed by atoms with Gasteiger partial charge in [-0.25, -0.2) is 0 Å². The molecule has 2 unspecified atom stereocenters. The van der Waals surface area contributed by atoms with Crippen molar-refractivity contribution in [3.63, 3.8) is 0 Å². The summed E-state index contributed by atoms with van der Waals surface area (Å²) in [7, 11) is 0. The van der Waals surface area contributed by atoms with E-state index in [4.69, 9.17) is 17.3 Å². The molecule has 114 valence electrons. The molecule has 1 aliphatic rings. The van der Waals surface area contributed by atoms with E-state index in [0.717, 1.165) is 34.6 Å². The molecule has 3 rings (SSSR count). The lowest BCUT2D eigenvalue weighted by Crippen LogP contribution is -2.49. The minimum absolute atomic E-state index is 0.0206. The molecule has 0 fully saturated rings. The number of fused-ring (bicyclic) bond motifs is 1. The maximum atomic E-state index is 12.6. The van der Waals surface area contributed by atoms with Gasteiger partial charge in [0, 0.05) is 5.02 Å². The normalized spacial score (nSPS) is 19.3. The Bertz CT molecular complexity index is 697. The minimum atomic E-state index is -1.05. The highest BCUT2D eigenvalue weighted by molar-refractivity contribution is 6.31. The zero-order chi connectivity index (χ0) is 15.7. The molecule has 1 aliphatic carbocycles. The van der Waals surface area contributed by atoms with Crippen molar-refractivity contribution in [1.82, 2.24) is 5.32 Å². The highest BCUT2D eigenvalue weighted by Gasteiger charge is 2.34. The van der Waals surface area contributed by atoms with Gasteiger partial charge in [-0.3, -0.25) is 4.79 Å². The Morgan fingerprint density at radius 1 is 1.23 bits per heavy atom. The summed E-state index contributed by atoms with van der Waals surface area (Å²) in [4.78, 5) is 12.6. The predicted octanol–water partition coefficient (Wildman–Crippen LogP) is 3.32. The lowest BCUT2D eigenvalue weighted by atomic mass is 9.91. The predicted molar refractivity (Wildman–Crippen MR) is 88.6 cm³/mol. The average Bonchev–Trinajstić information content (AvgIpc) is 2.93. The van der Waals surface area contributed by atoms with Crippen LogP contribution in [0, 0.1) is 0 Å². The van der Waals surface area contributed by atoms with E-state index in [1.54, 1.807) is 6.92 Å². The maximum Gasteiger partial charge on any atom is 0.244 e. The summed E-state index contributed by atoms with van der Waals surface area (Å²) in [5.41, 5.74) is 8.25. The molecule has 0 bridgehead atoms. The van der Waals surface area contributed by atoms with Gasteiger partial charge in [0.05, 0.1) is 6.04 Å². The molecule has 0 radical (unpaired) electrons. The fourth-order valence-electron chi connectivity index (χ4n) is 2.98. The van der Waals surface area contributed by atoms with Crippen LogP contribution >= 0.6 is 11.6 Å². The van der Waals surface area contributed by atoms with Gasteiger partial charge in [0.15, 0.2) is 0 Å². The van der Waals surface area contributed by atoms with E-state index < -0.39 is 5.54 Å². The average molecular weight is 315 g/mol. The molecule has 0 saturated carbocycles. The van der Waals surface area contributed by atoms with E-state index in [1.165, 1.54) is 0 Å². The van der Waals surface area contributed by atoms with Crippen molar-refractivity contribution in [3.05, 3.63) is 70.2 Å². The molecule has 0 spiro atoms. The first-order chi connectivity index (χ1) is 10.5. The Labute approximate surface area is 135 Å².